The van der Waals surface area contributed by atoms with Gasteiger partial charge in [-0.05, 0) is 0 Å². The van der Waals surface area contributed by atoms with Crippen LogP contribution in [0.2, 0.25) is 0 Å². The van der Waals surface area contributed by atoms with E-state index in [1.807, 2.05) is 0 Å². The number of nitrogens with two attached hydrogens (primary N) is 1. The van der Waals surface area contributed by atoms with Crippen molar-refractivity contribution in [2.75, 3.05) is 26.8 Å². The number of sulfonamides is 1. The third kappa shape index (κ3) is 3.79. The van der Waals surface area contributed by atoms with Crippen LogP contribution in [-0.2, 0) is 14.8 Å². The van der Waals surface area contributed by atoms with Crippen LogP contribution >= 0.6 is 0 Å². The summed E-state index contributed by atoms with van der Waals surface area (Å²) in [6.07, 6.45) is 2.73. The van der Waals surface area contributed by atoms with E-state index in [1.165, 1.54) is 23.8 Å². The van der Waals surface area contributed by atoms with Gasteiger partial charge < -0.3 is 10.5 Å². The molecule has 0 aliphatic rings. The summed E-state index contributed by atoms with van der Waals surface area (Å²) in [4.78, 5) is 0.0853. The lowest BCUT2D eigenvalue weighted by atomic mass is 10.4. The Kier molecular flexibility index (Phi) is 5.25. The lowest BCUT2D eigenvalue weighted by molar-refractivity contribution is 0.179. The Morgan fingerprint density at radius 2 is 2.33 bits per heavy atom. The number of hydrogen-bond acceptors (Lipinski definition) is 5. The van der Waals surface area contributed by atoms with E-state index < -0.39 is 10.0 Å². The summed E-state index contributed by atoms with van der Waals surface area (Å²) < 4.78 is 30.5. The number of aromatic amines is 1. The van der Waals surface area contributed by atoms with Crippen molar-refractivity contribution in [2.45, 2.75) is 11.3 Å². The van der Waals surface area contributed by atoms with Gasteiger partial charge in [-0.3, -0.25) is 10.5 Å². The van der Waals surface area contributed by atoms with Gasteiger partial charge in [-0.15, -0.1) is 0 Å². The summed E-state index contributed by atoms with van der Waals surface area (Å²) in [5.74, 6) is -0.0557. The predicted octanol–water partition coefficient (Wildman–Crippen LogP) is -0.627. The van der Waals surface area contributed by atoms with Gasteiger partial charge in [0.15, 0.2) is 0 Å². The number of amidine groups is 1. The zero-order valence-electron chi connectivity index (χ0n) is 10.1. The molecule has 8 nitrogen and oxygen atoms in total. The van der Waals surface area contributed by atoms with Crippen molar-refractivity contribution in [2.24, 2.45) is 5.73 Å². The molecule has 0 aliphatic heterocycles. The molecule has 0 fully saturated rings. The first-order chi connectivity index (χ1) is 8.48. The molecule has 0 unspecified atom stereocenters. The van der Waals surface area contributed by atoms with Gasteiger partial charge >= 0.3 is 0 Å². The molecule has 0 spiro atoms. The van der Waals surface area contributed by atoms with Crippen molar-refractivity contribution >= 4 is 15.9 Å². The molecule has 0 amide bonds. The number of nitrogens with zero attached hydrogens (tertiary/aromatic N) is 2. The molecule has 18 heavy (non-hydrogen) atoms. The van der Waals surface area contributed by atoms with Crippen LogP contribution in [0.15, 0.2) is 17.3 Å². The highest BCUT2D eigenvalue weighted by Crippen LogP contribution is 2.13. The molecule has 0 bridgehead atoms. The summed E-state index contributed by atoms with van der Waals surface area (Å²) >= 11 is 0. The highest BCUT2D eigenvalue weighted by Gasteiger charge is 2.24. The van der Waals surface area contributed by atoms with Crippen LogP contribution in [0.3, 0.4) is 0 Å². The molecule has 1 aromatic rings. The highest BCUT2D eigenvalue weighted by atomic mass is 32.2. The molecule has 4 N–H and O–H groups in total. The van der Waals surface area contributed by atoms with Crippen molar-refractivity contribution in [3.63, 3.8) is 0 Å². The predicted molar refractivity (Wildman–Crippen MR) is 65.8 cm³/mol. The average Bonchev–Trinajstić information content (AvgIpc) is 2.82. The van der Waals surface area contributed by atoms with Crippen LogP contribution in [0.1, 0.15) is 6.42 Å². The normalized spacial score (nSPS) is 11.9. The molecule has 102 valence electrons. The van der Waals surface area contributed by atoms with Gasteiger partial charge in [0, 0.05) is 32.8 Å². The summed E-state index contributed by atoms with van der Waals surface area (Å²) in [6.45, 7) is 0.623. The molecular formula is C9H17N5O3S. The number of aromatic nitrogens is 2. The molecule has 1 aromatic heterocycles. The van der Waals surface area contributed by atoms with Gasteiger partial charge in [-0.2, -0.15) is 9.40 Å². The molecule has 0 saturated heterocycles. The van der Waals surface area contributed by atoms with Crippen LogP contribution < -0.4 is 5.73 Å². The van der Waals surface area contributed by atoms with E-state index in [2.05, 4.69) is 10.2 Å². The van der Waals surface area contributed by atoms with E-state index in [0.29, 0.717) is 0 Å². The van der Waals surface area contributed by atoms with Crippen molar-refractivity contribution in [3.8, 4) is 0 Å². The van der Waals surface area contributed by atoms with Crippen LogP contribution in [0.25, 0.3) is 0 Å². The molecule has 9 heteroatoms. The Balaban J connectivity index is 2.84. The topological polar surface area (TPSA) is 125 Å². The maximum absolute atomic E-state index is 12.2. The SMILES string of the molecule is COCCN(CCC(=N)N)S(=O)(=O)c1cn[nH]c1. The van der Waals surface area contributed by atoms with Crippen molar-refractivity contribution in [1.29, 1.82) is 5.41 Å². The maximum atomic E-state index is 12.2. The van der Waals surface area contributed by atoms with E-state index >= 15 is 0 Å². The van der Waals surface area contributed by atoms with Crippen LogP contribution in [0.4, 0.5) is 0 Å². The Morgan fingerprint density at radius 1 is 1.61 bits per heavy atom. The second kappa shape index (κ2) is 6.47. The molecule has 0 atom stereocenters. The number of H-pyrrole nitrogens is 1. The largest absolute Gasteiger partial charge is 0.388 e. The molecule has 1 rings (SSSR count). The lowest BCUT2D eigenvalue weighted by Gasteiger charge is -2.20. The van der Waals surface area contributed by atoms with Gasteiger partial charge in [0.05, 0.1) is 18.6 Å². The van der Waals surface area contributed by atoms with Crippen LogP contribution in [0, 0.1) is 5.41 Å². The van der Waals surface area contributed by atoms with Crippen molar-refractivity contribution < 1.29 is 13.2 Å². The Bertz CT molecular complexity index is 470. The molecule has 0 aliphatic carbocycles. The summed E-state index contributed by atoms with van der Waals surface area (Å²) in [7, 11) is -2.12. The smallest absolute Gasteiger partial charge is 0.246 e. The minimum Gasteiger partial charge on any atom is -0.388 e. The third-order valence-electron chi connectivity index (χ3n) is 2.29. The summed E-state index contributed by atoms with van der Waals surface area (Å²) in [5, 5.41) is 13.2. The zero-order valence-corrected chi connectivity index (χ0v) is 10.9. The van der Waals surface area contributed by atoms with Crippen molar-refractivity contribution in [1.82, 2.24) is 14.5 Å². The summed E-state index contributed by atoms with van der Waals surface area (Å²) in [5.41, 5.74) is 5.24. The highest BCUT2D eigenvalue weighted by molar-refractivity contribution is 7.89. The average molecular weight is 275 g/mol. The van der Waals surface area contributed by atoms with Gasteiger partial charge in [0.2, 0.25) is 10.0 Å². The molecular weight excluding hydrogens is 258 g/mol. The van der Waals surface area contributed by atoms with Gasteiger partial charge in [-0.1, -0.05) is 0 Å². The molecule has 0 radical (unpaired) electrons. The second-order valence-corrected chi connectivity index (χ2v) is 5.54. The molecule has 0 aromatic carbocycles. The zero-order chi connectivity index (χ0) is 13.6. The monoisotopic (exact) mass is 275 g/mol. The van der Waals surface area contributed by atoms with E-state index in [9.17, 15) is 8.42 Å². The third-order valence-corrected chi connectivity index (χ3v) is 4.15. The number of nitrogens with one attached hydrogen (secondary N) is 2. The minimum atomic E-state index is -3.62. The van der Waals surface area contributed by atoms with Crippen LogP contribution in [0.5, 0.6) is 0 Å². The number of ether oxygens (including phenoxy) is 1. The Hall–Kier alpha value is -1.45. The quantitative estimate of drug-likeness (QED) is 0.430. The standard InChI is InChI=1S/C9H17N5O3S/c1-17-5-4-14(3-2-9(10)11)18(15,16)8-6-12-13-7-8/h6-7H,2-5H2,1H3,(H3,10,11)(H,12,13). The molecule has 1 heterocycles. The fourth-order valence-electron chi connectivity index (χ4n) is 1.32. The Labute approximate surface area is 106 Å². The second-order valence-electron chi connectivity index (χ2n) is 3.61. The van der Waals surface area contributed by atoms with Gasteiger partial charge in [-0.25, -0.2) is 8.42 Å². The number of methoxy groups -OCH3 is 1. The van der Waals surface area contributed by atoms with Crippen molar-refractivity contribution in [3.05, 3.63) is 12.4 Å². The Morgan fingerprint density at radius 3 is 2.83 bits per heavy atom. The van der Waals surface area contributed by atoms with E-state index in [4.69, 9.17) is 15.9 Å². The van der Waals surface area contributed by atoms with Gasteiger partial charge in [0.1, 0.15) is 4.90 Å². The number of rotatable bonds is 8. The van der Waals surface area contributed by atoms with Gasteiger partial charge in [0.25, 0.3) is 0 Å². The molecule has 0 saturated carbocycles. The lowest BCUT2D eigenvalue weighted by Crippen LogP contribution is -2.36. The first-order valence-corrected chi connectivity index (χ1v) is 6.73. The first kappa shape index (κ1) is 14.6. The first-order valence-electron chi connectivity index (χ1n) is 5.29. The van der Waals surface area contributed by atoms with Crippen LogP contribution in [-0.4, -0.2) is 55.6 Å². The van der Waals surface area contributed by atoms with E-state index in [1.54, 1.807) is 0 Å². The number of hydrogen-bond donors (Lipinski definition) is 3. The fraction of sp³-hybridized carbons (Fsp3) is 0.556. The minimum absolute atomic E-state index is 0.0557. The van der Waals surface area contributed by atoms with E-state index in [0.717, 1.165) is 0 Å². The summed E-state index contributed by atoms with van der Waals surface area (Å²) in [6, 6.07) is 0. The van der Waals surface area contributed by atoms with E-state index in [-0.39, 0.29) is 36.8 Å². The fourth-order valence-corrected chi connectivity index (χ4v) is 2.65. The maximum Gasteiger partial charge on any atom is 0.246 e.